The van der Waals surface area contributed by atoms with Crippen molar-refractivity contribution in [1.82, 2.24) is 10.6 Å². The molecule has 6 atom stereocenters. The monoisotopic (exact) mass is 360 g/mol. The molecule has 5 nitrogen and oxygen atoms in total. The molecular formula is C18H36N2O3S. The molecule has 2 saturated heterocycles. The predicted octanol–water partition coefficient (Wildman–Crippen LogP) is 1.81. The van der Waals surface area contributed by atoms with Gasteiger partial charge in [0.05, 0.1) is 6.10 Å². The summed E-state index contributed by atoms with van der Waals surface area (Å²) in [6, 6.07) is 0.510. The van der Waals surface area contributed by atoms with Crippen LogP contribution in [0.1, 0.15) is 64.7 Å². The molecule has 0 radical (unpaired) electrons. The number of hydrogen-bond acceptors (Lipinski definition) is 6. The molecule has 2 fully saturated rings. The van der Waals surface area contributed by atoms with E-state index in [2.05, 4.69) is 10.6 Å². The Bertz CT molecular complexity index is 346. The van der Waals surface area contributed by atoms with Gasteiger partial charge in [0.1, 0.15) is 12.5 Å². The van der Waals surface area contributed by atoms with Crippen LogP contribution in [0.2, 0.25) is 0 Å². The second-order valence-electron chi connectivity index (χ2n) is 7.51. The molecule has 2 rings (SSSR count). The van der Waals surface area contributed by atoms with Gasteiger partial charge in [-0.3, -0.25) is 10.6 Å². The highest BCUT2D eigenvalue weighted by molar-refractivity contribution is 8.00. The standard InChI is InChI=1S/C18H36N2O3S/c1-13(21)7-3-2-6-10-19-17(22)9-5-4-8-16-14-11-18(23)20-15(14)12-24-16/h13-23H,2-12H2,1H3. The van der Waals surface area contributed by atoms with Crippen LogP contribution in [-0.2, 0) is 0 Å². The van der Waals surface area contributed by atoms with Gasteiger partial charge in [0.2, 0.25) is 0 Å². The normalized spacial score (nSPS) is 32.0. The predicted molar refractivity (Wildman–Crippen MR) is 99.9 cm³/mol. The number of nitrogens with one attached hydrogen (secondary N) is 2. The highest BCUT2D eigenvalue weighted by Crippen LogP contribution is 2.41. The van der Waals surface area contributed by atoms with E-state index in [9.17, 15) is 15.3 Å². The van der Waals surface area contributed by atoms with Crippen LogP contribution >= 0.6 is 11.8 Å². The minimum atomic E-state index is -0.388. The Labute approximate surface area is 151 Å². The summed E-state index contributed by atoms with van der Waals surface area (Å²) in [7, 11) is 0. The Morgan fingerprint density at radius 2 is 1.92 bits per heavy atom. The van der Waals surface area contributed by atoms with Crippen molar-refractivity contribution in [3.05, 3.63) is 0 Å². The van der Waals surface area contributed by atoms with E-state index in [0.29, 0.717) is 17.2 Å². The van der Waals surface area contributed by atoms with Crippen LogP contribution in [0.15, 0.2) is 0 Å². The molecular weight excluding hydrogens is 324 g/mol. The number of aliphatic hydroxyl groups is 3. The molecule has 0 aromatic carbocycles. The molecule has 6 unspecified atom stereocenters. The Balaban J connectivity index is 1.43. The van der Waals surface area contributed by atoms with Crippen molar-refractivity contribution in [3.63, 3.8) is 0 Å². The molecule has 0 bridgehead atoms. The fraction of sp³-hybridized carbons (Fsp3) is 1.00. The number of unbranched alkanes of at least 4 members (excludes halogenated alkanes) is 3. The highest BCUT2D eigenvalue weighted by Gasteiger charge is 2.42. The minimum absolute atomic E-state index is 0.194. The summed E-state index contributed by atoms with van der Waals surface area (Å²) in [6.07, 6.45) is 8.35. The van der Waals surface area contributed by atoms with Gasteiger partial charge in [-0.25, -0.2) is 0 Å². The van der Waals surface area contributed by atoms with Gasteiger partial charge in [-0.05, 0) is 57.9 Å². The van der Waals surface area contributed by atoms with Crippen LogP contribution in [0.4, 0.5) is 0 Å². The molecule has 5 N–H and O–H groups in total. The number of thioether (sulfide) groups is 1. The quantitative estimate of drug-likeness (QED) is 0.270. The Hall–Kier alpha value is 0.150. The average molecular weight is 361 g/mol. The molecule has 0 spiro atoms. The van der Waals surface area contributed by atoms with Gasteiger partial charge in [0, 0.05) is 17.0 Å². The number of hydrogen-bond donors (Lipinski definition) is 5. The first-order chi connectivity index (χ1) is 11.6. The maximum absolute atomic E-state index is 9.97. The van der Waals surface area contributed by atoms with Crippen LogP contribution in [0.3, 0.4) is 0 Å². The lowest BCUT2D eigenvalue weighted by molar-refractivity contribution is 0.123. The zero-order valence-corrected chi connectivity index (χ0v) is 15.8. The molecule has 24 heavy (non-hydrogen) atoms. The van der Waals surface area contributed by atoms with Crippen LogP contribution < -0.4 is 10.6 Å². The largest absolute Gasteiger partial charge is 0.393 e. The van der Waals surface area contributed by atoms with E-state index in [1.54, 1.807) is 0 Å². The van der Waals surface area contributed by atoms with E-state index >= 15 is 0 Å². The Morgan fingerprint density at radius 1 is 1.12 bits per heavy atom. The van der Waals surface area contributed by atoms with Crippen molar-refractivity contribution < 1.29 is 15.3 Å². The number of aliphatic hydroxyl groups excluding tert-OH is 3. The van der Waals surface area contributed by atoms with E-state index in [0.717, 1.165) is 63.7 Å². The lowest BCUT2D eigenvalue weighted by atomic mass is 9.94. The zero-order chi connectivity index (χ0) is 17.4. The molecule has 0 aromatic heterocycles. The summed E-state index contributed by atoms with van der Waals surface area (Å²) >= 11 is 2.05. The van der Waals surface area contributed by atoms with Crippen LogP contribution in [0, 0.1) is 5.92 Å². The van der Waals surface area contributed by atoms with E-state index in [1.807, 2.05) is 18.7 Å². The summed E-state index contributed by atoms with van der Waals surface area (Å²) in [4.78, 5) is 0. The van der Waals surface area contributed by atoms with E-state index in [1.165, 1.54) is 6.42 Å². The van der Waals surface area contributed by atoms with Gasteiger partial charge in [-0.1, -0.05) is 19.3 Å². The Morgan fingerprint density at radius 3 is 2.71 bits per heavy atom. The fourth-order valence-corrected chi connectivity index (χ4v) is 5.57. The minimum Gasteiger partial charge on any atom is -0.393 e. The topological polar surface area (TPSA) is 84.8 Å². The highest BCUT2D eigenvalue weighted by atomic mass is 32.2. The van der Waals surface area contributed by atoms with Gasteiger partial charge in [-0.2, -0.15) is 11.8 Å². The molecule has 0 saturated carbocycles. The molecule has 6 heteroatoms. The van der Waals surface area contributed by atoms with Crippen molar-refractivity contribution in [2.24, 2.45) is 5.92 Å². The van der Waals surface area contributed by atoms with Crippen molar-refractivity contribution in [1.29, 1.82) is 0 Å². The third kappa shape index (κ3) is 7.18. The third-order valence-electron chi connectivity index (χ3n) is 5.28. The molecule has 2 heterocycles. The average Bonchev–Trinajstić information content (AvgIpc) is 3.06. The summed E-state index contributed by atoms with van der Waals surface area (Å²) in [6.45, 7) is 2.68. The number of rotatable bonds is 12. The van der Waals surface area contributed by atoms with E-state index in [-0.39, 0.29) is 18.6 Å². The molecule has 0 aromatic rings. The first-order valence-corrected chi connectivity index (χ1v) is 10.8. The smallest absolute Gasteiger partial charge is 0.105 e. The first-order valence-electron chi connectivity index (χ1n) is 9.71. The molecule has 142 valence electrons. The maximum Gasteiger partial charge on any atom is 0.105 e. The van der Waals surface area contributed by atoms with Gasteiger partial charge < -0.3 is 15.3 Å². The first kappa shape index (κ1) is 20.5. The van der Waals surface area contributed by atoms with Gasteiger partial charge in [0.15, 0.2) is 0 Å². The summed E-state index contributed by atoms with van der Waals surface area (Å²) in [5, 5.41) is 36.0. The van der Waals surface area contributed by atoms with Crippen LogP contribution in [0.25, 0.3) is 0 Å². The molecule has 2 aliphatic rings. The summed E-state index contributed by atoms with van der Waals surface area (Å²) in [5.74, 6) is 1.76. The van der Waals surface area contributed by atoms with Crippen molar-refractivity contribution in [3.8, 4) is 0 Å². The fourth-order valence-electron chi connectivity index (χ4n) is 3.89. The van der Waals surface area contributed by atoms with Crippen molar-refractivity contribution in [2.45, 2.75) is 94.6 Å². The molecule has 0 aliphatic carbocycles. The van der Waals surface area contributed by atoms with E-state index < -0.39 is 0 Å². The second-order valence-corrected chi connectivity index (χ2v) is 8.79. The third-order valence-corrected chi connectivity index (χ3v) is 6.85. The lowest BCUT2D eigenvalue weighted by Crippen LogP contribution is -2.31. The number of fused-ring (bicyclic) bond motifs is 1. The van der Waals surface area contributed by atoms with Gasteiger partial charge in [-0.15, -0.1) is 0 Å². The van der Waals surface area contributed by atoms with E-state index in [4.69, 9.17) is 0 Å². The van der Waals surface area contributed by atoms with Crippen LogP contribution in [-0.4, -0.2) is 57.5 Å². The van der Waals surface area contributed by atoms with Crippen molar-refractivity contribution in [2.75, 3.05) is 12.3 Å². The maximum atomic E-state index is 9.97. The van der Waals surface area contributed by atoms with Crippen molar-refractivity contribution >= 4 is 11.8 Å². The Kier molecular flexibility index (Phi) is 9.37. The summed E-state index contributed by atoms with van der Waals surface area (Å²) < 4.78 is 0. The van der Waals surface area contributed by atoms with Crippen LogP contribution in [0.5, 0.6) is 0 Å². The van der Waals surface area contributed by atoms with Gasteiger partial charge >= 0.3 is 0 Å². The lowest BCUT2D eigenvalue weighted by Gasteiger charge is -2.17. The zero-order valence-electron chi connectivity index (χ0n) is 15.0. The molecule has 0 amide bonds. The van der Waals surface area contributed by atoms with Gasteiger partial charge in [0.25, 0.3) is 0 Å². The second kappa shape index (κ2) is 11.0. The summed E-state index contributed by atoms with van der Waals surface area (Å²) in [5.41, 5.74) is 0. The SMILES string of the molecule is CC(O)CCCCCNC(O)CCCCC1SCC2NC(O)CC21. The molecule has 2 aliphatic heterocycles.